The summed E-state index contributed by atoms with van der Waals surface area (Å²) in [5.74, 6) is 0.298. The zero-order valence-electron chi connectivity index (χ0n) is 17.5. The SMILES string of the molecule is COc1ccc(S(=O)(=O)Nc2nc(C(=O)N3CCN(c4cccc(Cl)c4Cl)CC3)cs2)cc1. The van der Waals surface area contributed by atoms with Gasteiger partial charge in [-0.15, -0.1) is 11.3 Å². The van der Waals surface area contributed by atoms with Crippen LogP contribution in [0.4, 0.5) is 10.8 Å². The van der Waals surface area contributed by atoms with Crippen molar-refractivity contribution in [2.75, 3.05) is 42.9 Å². The number of hydrogen-bond acceptors (Lipinski definition) is 7. The first-order valence-electron chi connectivity index (χ1n) is 9.89. The van der Waals surface area contributed by atoms with Gasteiger partial charge in [-0.3, -0.25) is 9.52 Å². The van der Waals surface area contributed by atoms with Crippen LogP contribution in [0.2, 0.25) is 10.0 Å². The molecule has 3 aromatic rings. The van der Waals surface area contributed by atoms with Crippen LogP contribution in [0.5, 0.6) is 5.75 Å². The lowest BCUT2D eigenvalue weighted by Crippen LogP contribution is -2.49. The number of halogens is 2. The molecule has 1 amide bonds. The van der Waals surface area contributed by atoms with Crippen LogP contribution in [0.25, 0.3) is 0 Å². The van der Waals surface area contributed by atoms with Gasteiger partial charge in [0.1, 0.15) is 11.4 Å². The molecule has 1 aliphatic rings. The second kappa shape index (κ2) is 9.76. The first-order chi connectivity index (χ1) is 15.8. The molecule has 1 N–H and O–H groups in total. The summed E-state index contributed by atoms with van der Waals surface area (Å²) in [7, 11) is -2.33. The van der Waals surface area contributed by atoms with Gasteiger partial charge in [-0.25, -0.2) is 13.4 Å². The quantitative estimate of drug-likeness (QED) is 0.516. The van der Waals surface area contributed by atoms with E-state index in [-0.39, 0.29) is 21.6 Å². The normalized spacial score (nSPS) is 14.3. The van der Waals surface area contributed by atoms with Crippen molar-refractivity contribution in [1.82, 2.24) is 9.88 Å². The maximum Gasteiger partial charge on any atom is 0.273 e. The molecule has 0 unspecified atom stereocenters. The van der Waals surface area contributed by atoms with Gasteiger partial charge in [0.25, 0.3) is 15.9 Å². The van der Waals surface area contributed by atoms with Crippen LogP contribution in [0, 0.1) is 0 Å². The minimum absolute atomic E-state index is 0.0715. The van der Waals surface area contributed by atoms with E-state index in [1.54, 1.807) is 28.5 Å². The van der Waals surface area contributed by atoms with E-state index < -0.39 is 10.0 Å². The Balaban J connectivity index is 1.39. The second-order valence-electron chi connectivity index (χ2n) is 7.17. The lowest BCUT2D eigenvalue weighted by molar-refractivity contribution is 0.0742. The Kier molecular flexibility index (Phi) is 6.99. The molecule has 8 nitrogen and oxygen atoms in total. The molecule has 1 saturated heterocycles. The third kappa shape index (κ3) is 5.19. The van der Waals surface area contributed by atoms with Gasteiger partial charge in [0, 0.05) is 31.6 Å². The van der Waals surface area contributed by atoms with Crippen molar-refractivity contribution >= 4 is 61.3 Å². The number of anilines is 2. The van der Waals surface area contributed by atoms with E-state index in [0.717, 1.165) is 17.0 Å². The summed E-state index contributed by atoms with van der Waals surface area (Å²) in [6, 6.07) is 11.5. The van der Waals surface area contributed by atoms with Crippen LogP contribution in [-0.4, -0.2) is 57.5 Å². The number of piperazine rings is 1. The van der Waals surface area contributed by atoms with Crippen molar-refractivity contribution in [3.63, 3.8) is 0 Å². The van der Waals surface area contributed by atoms with Crippen molar-refractivity contribution in [3.05, 3.63) is 63.6 Å². The molecular weight excluding hydrogens is 507 g/mol. The van der Waals surface area contributed by atoms with Gasteiger partial charge in [-0.1, -0.05) is 29.3 Å². The summed E-state index contributed by atoms with van der Waals surface area (Å²) in [5.41, 5.74) is 1.03. The van der Waals surface area contributed by atoms with Crippen molar-refractivity contribution in [1.29, 1.82) is 0 Å². The molecule has 174 valence electrons. The van der Waals surface area contributed by atoms with Crippen molar-refractivity contribution in [2.24, 2.45) is 0 Å². The molecular formula is C21H20Cl2N4O4S2. The fourth-order valence-electron chi connectivity index (χ4n) is 3.40. The van der Waals surface area contributed by atoms with Gasteiger partial charge in [-0.2, -0.15) is 0 Å². The number of methoxy groups -OCH3 is 1. The summed E-state index contributed by atoms with van der Waals surface area (Å²) < 4.78 is 32.7. The molecule has 0 atom stereocenters. The first kappa shape index (κ1) is 23.6. The molecule has 0 radical (unpaired) electrons. The van der Waals surface area contributed by atoms with Gasteiger partial charge in [-0.05, 0) is 36.4 Å². The molecule has 1 aliphatic heterocycles. The molecule has 0 aliphatic carbocycles. The first-order valence-corrected chi connectivity index (χ1v) is 13.0. The average molecular weight is 527 g/mol. The molecule has 4 rings (SSSR count). The summed E-state index contributed by atoms with van der Waals surface area (Å²) >= 11 is 13.5. The number of thiazole rings is 1. The van der Waals surface area contributed by atoms with E-state index in [0.29, 0.717) is 42.0 Å². The largest absolute Gasteiger partial charge is 0.497 e. The van der Waals surface area contributed by atoms with Gasteiger partial charge in [0.05, 0.1) is 27.7 Å². The van der Waals surface area contributed by atoms with Crippen molar-refractivity contribution < 1.29 is 17.9 Å². The maximum atomic E-state index is 12.9. The highest BCUT2D eigenvalue weighted by Crippen LogP contribution is 2.33. The number of nitrogens with one attached hydrogen (secondary N) is 1. The summed E-state index contributed by atoms with van der Waals surface area (Å²) in [6.07, 6.45) is 0. The summed E-state index contributed by atoms with van der Waals surface area (Å²) in [6.45, 7) is 2.14. The predicted molar refractivity (Wildman–Crippen MR) is 130 cm³/mol. The summed E-state index contributed by atoms with van der Waals surface area (Å²) in [4.78, 5) is 20.9. The number of carbonyl (C=O) groups excluding carboxylic acids is 1. The van der Waals surface area contributed by atoms with Gasteiger partial charge >= 0.3 is 0 Å². The van der Waals surface area contributed by atoms with Gasteiger partial charge in [0.2, 0.25) is 0 Å². The second-order valence-corrected chi connectivity index (χ2v) is 10.5. The van der Waals surface area contributed by atoms with E-state index in [2.05, 4.69) is 14.6 Å². The molecule has 12 heteroatoms. The molecule has 2 heterocycles. The smallest absolute Gasteiger partial charge is 0.273 e. The summed E-state index contributed by atoms with van der Waals surface area (Å²) in [5, 5.41) is 2.65. The minimum atomic E-state index is -3.83. The van der Waals surface area contributed by atoms with Gasteiger partial charge in [0.15, 0.2) is 5.13 Å². The number of hydrogen-bond donors (Lipinski definition) is 1. The van der Waals surface area contributed by atoms with Crippen LogP contribution in [0.1, 0.15) is 10.5 Å². The van der Waals surface area contributed by atoms with E-state index in [4.69, 9.17) is 27.9 Å². The lowest BCUT2D eigenvalue weighted by atomic mass is 10.2. The average Bonchev–Trinajstić information content (AvgIpc) is 3.28. The van der Waals surface area contributed by atoms with E-state index in [1.807, 2.05) is 12.1 Å². The molecule has 1 aromatic heterocycles. The van der Waals surface area contributed by atoms with Crippen molar-refractivity contribution in [2.45, 2.75) is 4.90 Å². The molecule has 2 aromatic carbocycles. The Morgan fingerprint density at radius 1 is 1.09 bits per heavy atom. The van der Waals surface area contributed by atoms with Crippen LogP contribution >= 0.6 is 34.5 Å². The number of rotatable bonds is 6. The molecule has 0 spiro atoms. The highest BCUT2D eigenvalue weighted by Gasteiger charge is 2.26. The fourth-order valence-corrected chi connectivity index (χ4v) is 5.75. The number of carbonyl (C=O) groups is 1. The zero-order chi connectivity index (χ0) is 23.6. The van der Waals surface area contributed by atoms with E-state index >= 15 is 0 Å². The lowest BCUT2D eigenvalue weighted by Gasteiger charge is -2.36. The fraction of sp³-hybridized carbons (Fsp3) is 0.238. The topological polar surface area (TPSA) is 91.8 Å². The number of ether oxygens (including phenoxy) is 1. The third-order valence-corrected chi connectivity index (χ3v) is 8.20. The molecule has 0 bridgehead atoms. The standard InChI is InChI=1S/C21H20Cl2N4O4S2/c1-31-14-5-7-15(8-6-14)33(29,30)25-21-24-17(13-32-21)20(28)27-11-9-26(10-12-27)18-4-2-3-16(22)19(18)23/h2-8,13H,9-12H2,1H3,(H,24,25). The highest BCUT2D eigenvalue weighted by atomic mass is 35.5. The van der Waals surface area contributed by atoms with Crippen LogP contribution in [0.15, 0.2) is 52.7 Å². The van der Waals surface area contributed by atoms with Crippen LogP contribution in [-0.2, 0) is 10.0 Å². The van der Waals surface area contributed by atoms with Crippen molar-refractivity contribution in [3.8, 4) is 5.75 Å². The van der Waals surface area contributed by atoms with Crippen LogP contribution in [0.3, 0.4) is 0 Å². The molecule has 0 saturated carbocycles. The minimum Gasteiger partial charge on any atom is -0.497 e. The monoisotopic (exact) mass is 526 g/mol. The number of nitrogens with zero attached hydrogens (tertiary/aromatic N) is 3. The Hall–Kier alpha value is -2.53. The predicted octanol–water partition coefficient (Wildman–Crippen LogP) is 4.22. The highest BCUT2D eigenvalue weighted by molar-refractivity contribution is 7.93. The van der Waals surface area contributed by atoms with Crippen LogP contribution < -0.4 is 14.4 Å². The maximum absolute atomic E-state index is 12.9. The Labute approximate surface area is 205 Å². The molecule has 1 fully saturated rings. The zero-order valence-corrected chi connectivity index (χ0v) is 20.6. The Bertz CT molecular complexity index is 1260. The number of amides is 1. The van der Waals surface area contributed by atoms with Gasteiger partial charge < -0.3 is 14.5 Å². The van der Waals surface area contributed by atoms with E-state index in [9.17, 15) is 13.2 Å². The van der Waals surface area contributed by atoms with E-state index in [1.165, 1.54) is 19.2 Å². The number of aromatic nitrogens is 1. The third-order valence-electron chi connectivity index (χ3n) is 5.15. The Morgan fingerprint density at radius 3 is 2.45 bits per heavy atom. The Morgan fingerprint density at radius 2 is 1.79 bits per heavy atom. The number of benzene rings is 2. The molecule has 33 heavy (non-hydrogen) atoms. The number of sulfonamides is 1.